The van der Waals surface area contributed by atoms with E-state index in [1.165, 1.54) is 17.0 Å². The molecule has 2 aromatic heterocycles. The van der Waals surface area contributed by atoms with Crippen molar-refractivity contribution >= 4 is 28.5 Å². The van der Waals surface area contributed by atoms with Gasteiger partial charge in [-0.25, -0.2) is 24.1 Å². The Hall–Kier alpha value is -3.73. The number of hydrogen-bond donors (Lipinski definition) is 3. The van der Waals surface area contributed by atoms with E-state index in [1.54, 1.807) is 20.0 Å². The lowest BCUT2D eigenvalue weighted by molar-refractivity contribution is -0.170. The number of aryl methyl sites for hydroxylation is 1. The fraction of sp³-hybridized carbons (Fsp3) is 0.385. The van der Waals surface area contributed by atoms with Gasteiger partial charge in [-0.15, -0.1) is 0 Å². The van der Waals surface area contributed by atoms with Gasteiger partial charge in [0.15, 0.2) is 5.65 Å². The summed E-state index contributed by atoms with van der Waals surface area (Å²) in [6, 6.07) is 4.75. The highest BCUT2D eigenvalue weighted by molar-refractivity contribution is 5.89. The summed E-state index contributed by atoms with van der Waals surface area (Å²) in [5, 5.41) is 22.8. The number of benzene rings is 1. The zero-order valence-corrected chi connectivity index (χ0v) is 20.9. The number of amides is 1. The Morgan fingerprint density at radius 3 is 2.59 bits per heavy atom. The standard InChI is InChI=1S/C26H28F3N5O3/c1-14(18-6-5-7-20(21(18)27)26(28,29)25(3,4)37)31-23-19-12-17(13-30-22(19)32-15(2)33-23)16-8-10-34(11-9-16)24(35)36/h5-8,12-14,37H,9-11H2,1-4H3,(H,35,36)(H,30,31,32,33). The van der Waals surface area contributed by atoms with E-state index in [4.69, 9.17) is 0 Å². The lowest BCUT2D eigenvalue weighted by Crippen LogP contribution is -2.41. The second-order valence-electron chi connectivity index (χ2n) is 9.63. The average molecular weight is 516 g/mol. The second kappa shape index (κ2) is 9.62. The smallest absolute Gasteiger partial charge is 0.407 e. The zero-order chi connectivity index (χ0) is 27.1. The van der Waals surface area contributed by atoms with Crippen LogP contribution in [0.4, 0.5) is 23.8 Å². The van der Waals surface area contributed by atoms with Crippen molar-refractivity contribution in [3.8, 4) is 0 Å². The molecule has 0 spiro atoms. The summed E-state index contributed by atoms with van der Waals surface area (Å²) >= 11 is 0. The molecule has 0 saturated carbocycles. The van der Waals surface area contributed by atoms with Crippen molar-refractivity contribution < 1.29 is 28.2 Å². The molecule has 1 atom stereocenters. The van der Waals surface area contributed by atoms with E-state index in [0.29, 0.717) is 35.6 Å². The minimum Gasteiger partial charge on any atom is -0.465 e. The third-order valence-corrected chi connectivity index (χ3v) is 6.47. The molecule has 1 aromatic carbocycles. The van der Waals surface area contributed by atoms with Gasteiger partial charge >= 0.3 is 12.0 Å². The van der Waals surface area contributed by atoms with Crippen LogP contribution in [0.5, 0.6) is 0 Å². The number of hydrogen-bond acceptors (Lipinski definition) is 6. The van der Waals surface area contributed by atoms with Crippen LogP contribution in [0.25, 0.3) is 16.6 Å². The van der Waals surface area contributed by atoms with Crippen LogP contribution in [0, 0.1) is 12.7 Å². The molecule has 0 radical (unpaired) electrons. The molecular formula is C26H28F3N5O3. The Balaban J connectivity index is 1.70. The minimum atomic E-state index is -3.81. The fourth-order valence-electron chi connectivity index (χ4n) is 4.25. The van der Waals surface area contributed by atoms with Crippen LogP contribution in [0.1, 0.15) is 55.7 Å². The highest BCUT2D eigenvalue weighted by Gasteiger charge is 2.49. The summed E-state index contributed by atoms with van der Waals surface area (Å²) in [5.74, 6) is -4.15. The van der Waals surface area contributed by atoms with Crippen molar-refractivity contribution in [2.24, 2.45) is 0 Å². The molecule has 11 heteroatoms. The van der Waals surface area contributed by atoms with E-state index in [2.05, 4.69) is 20.3 Å². The van der Waals surface area contributed by atoms with Crippen LogP contribution in [-0.4, -0.2) is 54.8 Å². The van der Waals surface area contributed by atoms with Crippen molar-refractivity contribution in [1.82, 2.24) is 19.9 Å². The van der Waals surface area contributed by atoms with Crippen molar-refractivity contribution in [1.29, 1.82) is 0 Å². The second-order valence-corrected chi connectivity index (χ2v) is 9.63. The molecule has 1 amide bonds. The van der Waals surface area contributed by atoms with Crippen LogP contribution in [0.3, 0.4) is 0 Å². The van der Waals surface area contributed by atoms with Gasteiger partial charge in [-0.3, -0.25) is 0 Å². The number of carbonyl (C=O) groups is 1. The van der Waals surface area contributed by atoms with Gasteiger partial charge in [0, 0.05) is 24.8 Å². The average Bonchev–Trinajstić information content (AvgIpc) is 2.83. The molecule has 1 aliphatic rings. The molecule has 3 heterocycles. The molecule has 0 fully saturated rings. The number of halogens is 3. The Labute approximate surface area is 211 Å². The maximum Gasteiger partial charge on any atom is 0.407 e. The first-order valence-electron chi connectivity index (χ1n) is 11.8. The summed E-state index contributed by atoms with van der Waals surface area (Å²) in [4.78, 5) is 25.8. The van der Waals surface area contributed by atoms with Gasteiger partial charge in [-0.05, 0) is 57.4 Å². The molecule has 3 aromatic rings. The number of fused-ring (bicyclic) bond motifs is 1. The Morgan fingerprint density at radius 2 is 1.97 bits per heavy atom. The normalized spacial score (nSPS) is 15.5. The summed E-state index contributed by atoms with van der Waals surface area (Å²) < 4.78 is 44.8. The number of pyridine rings is 1. The summed E-state index contributed by atoms with van der Waals surface area (Å²) in [7, 11) is 0. The van der Waals surface area contributed by atoms with E-state index >= 15 is 4.39 Å². The van der Waals surface area contributed by atoms with Crippen LogP contribution in [-0.2, 0) is 5.92 Å². The monoisotopic (exact) mass is 515 g/mol. The number of nitrogens with zero attached hydrogens (tertiary/aromatic N) is 4. The summed E-state index contributed by atoms with van der Waals surface area (Å²) in [6.07, 6.45) is 3.02. The Morgan fingerprint density at radius 1 is 1.24 bits per heavy atom. The molecule has 37 heavy (non-hydrogen) atoms. The highest BCUT2D eigenvalue weighted by atomic mass is 19.3. The largest absolute Gasteiger partial charge is 0.465 e. The van der Waals surface area contributed by atoms with Crippen LogP contribution >= 0.6 is 0 Å². The predicted octanol–water partition coefficient (Wildman–Crippen LogP) is 5.28. The first-order chi connectivity index (χ1) is 17.3. The lowest BCUT2D eigenvalue weighted by Gasteiger charge is -2.30. The number of aromatic nitrogens is 3. The van der Waals surface area contributed by atoms with E-state index in [9.17, 15) is 23.8 Å². The molecule has 196 valence electrons. The topological polar surface area (TPSA) is 111 Å². The molecule has 8 nitrogen and oxygen atoms in total. The molecule has 0 aliphatic carbocycles. The van der Waals surface area contributed by atoms with E-state index in [0.717, 1.165) is 31.1 Å². The van der Waals surface area contributed by atoms with Crippen LogP contribution in [0.2, 0.25) is 0 Å². The third kappa shape index (κ3) is 5.08. The van der Waals surface area contributed by atoms with Gasteiger partial charge in [0.1, 0.15) is 23.1 Å². The van der Waals surface area contributed by atoms with Crippen molar-refractivity contribution in [2.75, 3.05) is 18.4 Å². The highest BCUT2D eigenvalue weighted by Crippen LogP contribution is 2.41. The summed E-state index contributed by atoms with van der Waals surface area (Å²) in [5.41, 5.74) is -1.26. The molecule has 4 rings (SSSR count). The summed E-state index contributed by atoms with van der Waals surface area (Å²) in [6.45, 7) is 5.79. The first kappa shape index (κ1) is 26.3. The third-order valence-electron chi connectivity index (χ3n) is 6.47. The molecule has 0 bridgehead atoms. The van der Waals surface area contributed by atoms with Crippen LogP contribution < -0.4 is 5.32 Å². The number of rotatable bonds is 6. The molecule has 1 aliphatic heterocycles. The van der Waals surface area contributed by atoms with E-state index in [1.807, 2.05) is 12.1 Å². The number of alkyl halides is 2. The fourth-order valence-corrected chi connectivity index (χ4v) is 4.25. The van der Waals surface area contributed by atoms with Gasteiger partial charge in [0.05, 0.1) is 17.0 Å². The van der Waals surface area contributed by atoms with Gasteiger partial charge in [0.25, 0.3) is 0 Å². The van der Waals surface area contributed by atoms with Crippen molar-refractivity contribution in [2.45, 2.75) is 51.7 Å². The number of carboxylic acid groups (broad SMARTS) is 1. The van der Waals surface area contributed by atoms with Gasteiger partial charge in [-0.2, -0.15) is 8.78 Å². The zero-order valence-electron chi connectivity index (χ0n) is 20.9. The molecule has 3 N–H and O–H groups in total. The maximum absolute atomic E-state index is 15.3. The van der Waals surface area contributed by atoms with Gasteiger partial charge < -0.3 is 20.4 Å². The predicted molar refractivity (Wildman–Crippen MR) is 133 cm³/mol. The number of nitrogens with one attached hydrogen (secondary N) is 1. The molecular weight excluding hydrogens is 487 g/mol. The lowest BCUT2D eigenvalue weighted by atomic mass is 9.91. The Kier molecular flexibility index (Phi) is 6.85. The van der Waals surface area contributed by atoms with Crippen molar-refractivity contribution in [3.63, 3.8) is 0 Å². The SMILES string of the molecule is Cc1nc(NC(C)c2cccc(C(F)(F)C(C)(C)O)c2F)c2cc(C3=CCN(C(=O)O)CC3)cnc2n1. The van der Waals surface area contributed by atoms with Gasteiger partial charge in [0.2, 0.25) is 0 Å². The molecule has 0 saturated heterocycles. The van der Waals surface area contributed by atoms with Crippen LogP contribution in [0.15, 0.2) is 36.5 Å². The Bertz CT molecular complexity index is 1390. The van der Waals surface area contributed by atoms with E-state index in [-0.39, 0.29) is 12.1 Å². The van der Waals surface area contributed by atoms with Crippen molar-refractivity contribution in [3.05, 3.63) is 64.9 Å². The minimum absolute atomic E-state index is 0.0151. The first-order valence-corrected chi connectivity index (χ1v) is 11.8. The number of aliphatic hydroxyl groups is 1. The molecule has 1 unspecified atom stereocenters. The van der Waals surface area contributed by atoms with E-state index < -0.39 is 35.0 Å². The van der Waals surface area contributed by atoms with Gasteiger partial charge in [-0.1, -0.05) is 18.2 Å². The number of anilines is 1. The maximum atomic E-state index is 15.3. The quantitative estimate of drug-likeness (QED) is 0.410.